The molecule has 2 N–H and O–H groups in total. The van der Waals surface area contributed by atoms with E-state index < -0.39 is 11.8 Å². The van der Waals surface area contributed by atoms with Crippen LogP contribution in [0, 0.1) is 13.8 Å². The zero-order valence-electron chi connectivity index (χ0n) is 16.1. The van der Waals surface area contributed by atoms with Gasteiger partial charge < -0.3 is 9.47 Å². The third-order valence-electron chi connectivity index (χ3n) is 4.09. The van der Waals surface area contributed by atoms with E-state index in [0.717, 1.165) is 26.4 Å². The van der Waals surface area contributed by atoms with E-state index in [1.54, 1.807) is 6.07 Å². The molecule has 2 amide bonds. The van der Waals surface area contributed by atoms with Crippen LogP contribution in [-0.2, 0) is 9.59 Å². The summed E-state index contributed by atoms with van der Waals surface area (Å²) >= 11 is 3.50. The van der Waals surface area contributed by atoms with Crippen LogP contribution in [0.15, 0.2) is 59.1 Å². The average molecular weight is 457 g/mol. The number of hydrogen-bond acceptors (Lipinski definition) is 4. The minimum absolute atomic E-state index is 0.208. The summed E-state index contributed by atoms with van der Waals surface area (Å²) in [5.74, 6) is 0.200. The summed E-state index contributed by atoms with van der Waals surface area (Å²) in [4.78, 5) is 23.8. The lowest BCUT2D eigenvalue weighted by Gasteiger charge is -2.12. The summed E-state index contributed by atoms with van der Waals surface area (Å²) < 4.78 is 11.8. The maximum atomic E-state index is 12.0. The highest BCUT2D eigenvalue weighted by Gasteiger charge is 2.10. The van der Waals surface area contributed by atoms with Crippen molar-refractivity contribution in [2.45, 2.75) is 13.8 Å². The monoisotopic (exact) mass is 456 g/mol. The predicted octanol–water partition coefficient (Wildman–Crippen LogP) is 3.82. The lowest BCUT2D eigenvalue weighted by Crippen LogP contribution is -2.45. The number of amides is 2. The summed E-state index contributed by atoms with van der Waals surface area (Å²) in [7, 11) is 0. The van der Waals surface area contributed by atoms with E-state index in [9.17, 15) is 9.59 Å². The topological polar surface area (TPSA) is 76.7 Å². The standard InChI is InChI=1S/C22H21BrN2O4/c1-14-9-15(2)11-17(10-14)28-12-20(26)24-25-21(27)13-29-19-8-7-16-5-3-4-6-18(16)22(19)23/h3-11H,12-13H2,1-2H3,(H,24,26)(H,25,27). The van der Waals surface area contributed by atoms with Gasteiger partial charge in [-0.1, -0.05) is 36.4 Å². The second-order valence-corrected chi connectivity index (χ2v) is 7.39. The van der Waals surface area contributed by atoms with Crippen LogP contribution in [0.3, 0.4) is 0 Å². The van der Waals surface area contributed by atoms with Crippen LogP contribution < -0.4 is 20.3 Å². The Balaban J connectivity index is 1.45. The molecule has 3 aromatic rings. The number of halogens is 1. The molecule has 0 heterocycles. The van der Waals surface area contributed by atoms with Crippen molar-refractivity contribution >= 4 is 38.5 Å². The number of benzene rings is 3. The normalized spacial score (nSPS) is 10.4. The van der Waals surface area contributed by atoms with Crippen molar-refractivity contribution in [3.8, 4) is 11.5 Å². The maximum Gasteiger partial charge on any atom is 0.276 e. The summed E-state index contributed by atoms with van der Waals surface area (Å²) in [5.41, 5.74) is 6.71. The molecule has 0 saturated heterocycles. The zero-order valence-corrected chi connectivity index (χ0v) is 17.7. The molecule has 0 bridgehead atoms. The van der Waals surface area contributed by atoms with Crippen LogP contribution in [0.4, 0.5) is 0 Å². The van der Waals surface area contributed by atoms with E-state index in [-0.39, 0.29) is 13.2 Å². The molecular formula is C22H21BrN2O4. The summed E-state index contributed by atoms with van der Waals surface area (Å²) in [6.45, 7) is 3.46. The maximum absolute atomic E-state index is 12.0. The second-order valence-electron chi connectivity index (χ2n) is 6.60. The zero-order chi connectivity index (χ0) is 20.8. The summed E-state index contributed by atoms with van der Waals surface area (Å²) in [6.07, 6.45) is 0. The van der Waals surface area contributed by atoms with E-state index >= 15 is 0 Å². The molecule has 150 valence electrons. The van der Waals surface area contributed by atoms with Gasteiger partial charge in [-0.2, -0.15) is 0 Å². The van der Waals surface area contributed by atoms with Gasteiger partial charge in [-0.3, -0.25) is 20.4 Å². The fraction of sp³-hybridized carbons (Fsp3) is 0.182. The first kappa shape index (κ1) is 20.7. The largest absolute Gasteiger partial charge is 0.484 e. The van der Waals surface area contributed by atoms with Crippen LogP contribution in [0.1, 0.15) is 11.1 Å². The molecule has 0 spiro atoms. The van der Waals surface area contributed by atoms with Crippen molar-refractivity contribution in [2.24, 2.45) is 0 Å². The number of hydrazine groups is 1. The van der Waals surface area contributed by atoms with E-state index in [1.165, 1.54) is 0 Å². The highest BCUT2D eigenvalue weighted by molar-refractivity contribution is 9.10. The minimum atomic E-state index is -0.482. The van der Waals surface area contributed by atoms with Crippen LogP contribution in [0.2, 0.25) is 0 Å². The van der Waals surface area contributed by atoms with Crippen molar-refractivity contribution < 1.29 is 19.1 Å². The molecule has 0 unspecified atom stereocenters. The van der Waals surface area contributed by atoms with Gasteiger partial charge in [0.05, 0.1) is 4.47 Å². The molecule has 29 heavy (non-hydrogen) atoms. The Labute approximate surface area is 177 Å². The minimum Gasteiger partial charge on any atom is -0.484 e. The number of carbonyl (C=O) groups excluding carboxylic acids is 2. The molecule has 0 aliphatic carbocycles. The van der Waals surface area contributed by atoms with Crippen molar-refractivity contribution in [3.05, 3.63) is 70.2 Å². The Hall–Kier alpha value is -3.06. The molecular weight excluding hydrogens is 436 g/mol. The first-order valence-electron chi connectivity index (χ1n) is 9.01. The summed E-state index contributed by atoms with van der Waals surface area (Å²) in [5, 5.41) is 2.05. The number of hydrogen-bond donors (Lipinski definition) is 2. The Bertz CT molecular complexity index is 1030. The molecule has 0 aromatic heterocycles. The molecule has 0 fully saturated rings. The van der Waals surface area contributed by atoms with Gasteiger partial charge in [0.2, 0.25) is 0 Å². The fourth-order valence-electron chi connectivity index (χ4n) is 2.85. The van der Waals surface area contributed by atoms with Crippen molar-refractivity contribution in [2.75, 3.05) is 13.2 Å². The van der Waals surface area contributed by atoms with Crippen LogP contribution in [-0.4, -0.2) is 25.0 Å². The smallest absolute Gasteiger partial charge is 0.276 e. The van der Waals surface area contributed by atoms with Gasteiger partial charge in [0.15, 0.2) is 13.2 Å². The van der Waals surface area contributed by atoms with E-state index in [2.05, 4.69) is 26.8 Å². The van der Waals surface area contributed by atoms with Crippen molar-refractivity contribution in [3.63, 3.8) is 0 Å². The highest BCUT2D eigenvalue weighted by atomic mass is 79.9. The Kier molecular flexibility index (Phi) is 6.72. The number of carbonyl (C=O) groups is 2. The molecule has 0 aliphatic heterocycles. The van der Waals surface area contributed by atoms with E-state index in [1.807, 2.05) is 62.4 Å². The number of rotatable bonds is 6. The third-order valence-corrected chi connectivity index (χ3v) is 4.91. The van der Waals surface area contributed by atoms with Gasteiger partial charge in [-0.25, -0.2) is 0 Å². The Morgan fingerprint density at radius 1 is 0.862 bits per heavy atom. The molecule has 0 aliphatic rings. The predicted molar refractivity (Wildman–Crippen MR) is 115 cm³/mol. The van der Waals surface area contributed by atoms with Crippen LogP contribution >= 0.6 is 15.9 Å². The Morgan fingerprint density at radius 3 is 2.17 bits per heavy atom. The number of nitrogens with one attached hydrogen (secondary N) is 2. The first-order valence-corrected chi connectivity index (χ1v) is 9.80. The molecule has 6 nitrogen and oxygen atoms in total. The first-order chi connectivity index (χ1) is 13.9. The second kappa shape index (κ2) is 9.43. The molecule has 0 saturated carbocycles. The average Bonchev–Trinajstić information content (AvgIpc) is 2.69. The quantitative estimate of drug-likeness (QED) is 0.552. The molecule has 3 aromatic carbocycles. The van der Waals surface area contributed by atoms with Gasteiger partial charge >= 0.3 is 0 Å². The number of ether oxygens (including phenoxy) is 2. The fourth-order valence-corrected chi connectivity index (χ4v) is 3.45. The van der Waals surface area contributed by atoms with Crippen molar-refractivity contribution in [1.29, 1.82) is 0 Å². The molecule has 0 radical (unpaired) electrons. The van der Waals surface area contributed by atoms with Gasteiger partial charge in [0.25, 0.3) is 11.8 Å². The Morgan fingerprint density at radius 2 is 1.48 bits per heavy atom. The summed E-state index contributed by atoms with van der Waals surface area (Å²) in [6, 6.07) is 17.2. The molecule has 0 atom stereocenters. The number of fused-ring (bicyclic) bond motifs is 1. The van der Waals surface area contributed by atoms with Gasteiger partial charge in [0, 0.05) is 0 Å². The highest BCUT2D eigenvalue weighted by Crippen LogP contribution is 2.32. The molecule has 3 rings (SSSR count). The SMILES string of the molecule is Cc1cc(C)cc(OCC(=O)NNC(=O)COc2ccc3ccccc3c2Br)c1. The lowest BCUT2D eigenvalue weighted by molar-refractivity contribution is -0.131. The van der Waals surface area contributed by atoms with Gasteiger partial charge in [0.1, 0.15) is 11.5 Å². The van der Waals surface area contributed by atoms with Gasteiger partial charge in [-0.15, -0.1) is 0 Å². The van der Waals surface area contributed by atoms with Crippen LogP contribution in [0.5, 0.6) is 11.5 Å². The molecule has 7 heteroatoms. The van der Waals surface area contributed by atoms with E-state index in [0.29, 0.717) is 11.5 Å². The number of aryl methyl sites for hydroxylation is 2. The van der Waals surface area contributed by atoms with Crippen LogP contribution in [0.25, 0.3) is 10.8 Å². The third kappa shape index (κ3) is 5.71. The van der Waals surface area contributed by atoms with Gasteiger partial charge in [-0.05, 0) is 69.9 Å². The lowest BCUT2D eigenvalue weighted by atomic mass is 10.1. The van der Waals surface area contributed by atoms with Crippen molar-refractivity contribution in [1.82, 2.24) is 10.9 Å². The van der Waals surface area contributed by atoms with E-state index in [4.69, 9.17) is 9.47 Å².